The lowest BCUT2D eigenvalue weighted by Gasteiger charge is -2.24. The van der Waals surface area contributed by atoms with Gasteiger partial charge >= 0.3 is 12.1 Å². The highest BCUT2D eigenvalue weighted by Crippen LogP contribution is 2.14. The number of aliphatic carboxylic acids is 1. The number of nitrogens with one attached hydrogen (secondary N) is 6. The number of unbranched alkanes of at least 4 members (excludes halogenated alkanes) is 1. The van der Waals surface area contributed by atoms with Crippen LogP contribution in [0.4, 0.5) is 13.2 Å². The van der Waals surface area contributed by atoms with Gasteiger partial charge in [-0.25, -0.2) is 4.79 Å². The number of guanidine groups is 1. The molecule has 0 saturated carbocycles. The van der Waals surface area contributed by atoms with Crippen molar-refractivity contribution in [3.8, 4) is 0 Å². The number of nitrogens with two attached hydrogens (primary N) is 3. The van der Waals surface area contributed by atoms with Crippen LogP contribution in [0.5, 0.6) is 0 Å². The molecule has 3 atom stereocenters. The Bertz CT molecular complexity index is 1160. The third kappa shape index (κ3) is 15.4. The number of carboxylic acid groups (broad SMARTS) is 1. The van der Waals surface area contributed by atoms with Crippen LogP contribution in [0.3, 0.4) is 0 Å². The summed E-state index contributed by atoms with van der Waals surface area (Å²) >= 11 is 0. The molecule has 0 aliphatic rings. The van der Waals surface area contributed by atoms with Crippen LogP contribution in [0.25, 0.3) is 0 Å². The third-order valence-corrected chi connectivity index (χ3v) is 5.95. The van der Waals surface area contributed by atoms with Crippen molar-refractivity contribution >= 4 is 41.4 Å². The molecule has 44 heavy (non-hydrogen) atoms. The number of halogens is 3. The average Bonchev–Trinajstić information content (AvgIpc) is 2.94. The predicted octanol–water partition coefficient (Wildman–Crippen LogP) is -0.583. The minimum absolute atomic E-state index is 0.0683. The lowest BCUT2D eigenvalue weighted by atomic mass is 9.95. The summed E-state index contributed by atoms with van der Waals surface area (Å²) in [6.07, 6.45) is -2.69. The molecule has 0 bridgehead atoms. The first kappa shape index (κ1) is 39.1. The standard InChI is InChI=1S/C24H39N9O4.C2HF3O2/c1-3-4-6-18(23(37)32-17(20(27)34)7-5-12-31-24(28)29)33-22(36)16(21(35)30-2)13-14-8-10-15(11-9-14)19(25)26;3-2(4,5)1(6)7/h8-11,16-18H,3-7,12-13H2,1-2H3,(H3,25,26)(H2,27,34)(H,30,35)(H,32,37)(H,33,36)(H4,28,29,31);(H,6,7)/t16?,17-,18-;/m0./s1. The van der Waals surface area contributed by atoms with Crippen molar-refractivity contribution in [1.29, 1.82) is 10.8 Å². The summed E-state index contributed by atoms with van der Waals surface area (Å²) in [4.78, 5) is 59.5. The van der Waals surface area contributed by atoms with E-state index < -0.39 is 53.8 Å². The van der Waals surface area contributed by atoms with Gasteiger partial charge < -0.3 is 43.6 Å². The highest BCUT2D eigenvalue weighted by molar-refractivity contribution is 6.02. The Morgan fingerprint density at radius 3 is 1.84 bits per heavy atom. The minimum Gasteiger partial charge on any atom is -0.475 e. The van der Waals surface area contributed by atoms with Gasteiger partial charge in [-0.05, 0) is 31.2 Å². The summed E-state index contributed by atoms with van der Waals surface area (Å²) in [7, 11) is 1.42. The van der Waals surface area contributed by atoms with Gasteiger partial charge in [0.15, 0.2) is 5.96 Å². The molecule has 1 aromatic carbocycles. The van der Waals surface area contributed by atoms with Crippen molar-refractivity contribution in [1.82, 2.24) is 21.3 Å². The summed E-state index contributed by atoms with van der Waals surface area (Å²) in [6, 6.07) is 4.67. The topological polar surface area (TPSA) is 279 Å². The first-order chi connectivity index (χ1) is 20.4. The summed E-state index contributed by atoms with van der Waals surface area (Å²) in [5.41, 5.74) is 17.4. The Balaban J connectivity index is 0.00000234. The normalized spacial score (nSPS) is 12.7. The molecule has 0 saturated heterocycles. The SMILES string of the molecule is CCCC[C@H](NC(=O)C(Cc1ccc(C(=N)N)cc1)C(=O)NC)C(=O)N[C@@H](CCCNC(=N)N)C(N)=O.O=C(O)C(F)(F)F. The molecule has 0 aromatic heterocycles. The Morgan fingerprint density at radius 2 is 1.41 bits per heavy atom. The molecule has 0 spiro atoms. The molecule has 0 radical (unpaired) electrons. The van der Waals surface area contributed by atoms with E-state index in [2.05, 4.69) is 21.3 Å². The van der Waals surface area contributed by atoms with Crippen LogP contribution in [-0.4, -0.2) is 78.4 Å². The number of carboxylic acids is 1. The predicted molar refractivity (Wildman–Crippen MR) is 154 cm³/mol. The number of carbonyl (C=O) groups is 5. The number of nitrogen functional groups attached to an aromatic ring is 1. The van der Waals surface area contributed by atoms with Crippen LogP contribution in [0.2, 0.25) is 0 Å². The van der Waals surface area contributed by atoms with E-state index >= 15 is 0 Å². The van der Waals surface area contributed by atoms with Crippen LogP contribution in [-0.2, 0) is 30.4 Å². The average molecular weight is 632 g/mol. The molecule has 4 amide bonds. The van der Waals surface area contributed by atoms with E-state index in [0.29, 0.717) is 36.9 Å². The van der Waals surface area contributed by atoms with E-state index in [9.17, 15) is 32.3 Å². The first-order valence-electron chi connectivity index (χ1n) is 13.4. The molecule has 0 fully saturated rings. The van der Waals surface area contributed by atoms with Gasteiger partial charge in [-0.2, -0.15) is 13.2 Å². The second-order valence-corrected chi connectivity index (χ2v) is 9.43. The van der Waals surface area contributed by atoms with Crippen molar-refractivity contribution in [3.05, 3.63) is 35.4 Å². The Morgan fingerprint density at radius 1 is 0.886 bits per heavy atom. The number of hydrogen-bond acceptors (Lipinski definition) is 7. The van der Waals surface area contributed by atoms with Gasteiger partial charge in [0, 0.05) is 19.2 Å². The van der Waals surface area contributed by atoms with Crippen molar-refractivity contribution in [2.75, 3.05) is 13.6 Å². The molecular weight excluding hydrogens is 591 g/mol. The van der Waals surface area contributed by atoms with E-state index in [4.69, 9.17) is 37.9 Å². The fraction of sp³-hybridized carbons (Fsp3) is 0.500. The molecule has 13 N–H and O–H groups in total. The van der Waals surface area contributed by atoms with Crippen molar-refractivity contribution in [3.63, 3.8) is 0 Å². The number of alkyl halides is 3. The fourth-order valence-electron chi connectivity index (χ4n) is 3.57. The zero-order valence-corrected chi connectivity index (χ0v) is 24.3. The number of benzene rings is 1. The molecule has 246 valence electrons. The van der Waals surface area contributed by atoms with Crippen LogP contribution in [0.15, 0.2) is 24.3 Å². The van der Waals surface area contributed by atoms with Crippen LogP contribution in [0.1, 0.15) is 50.2 Å². The third-order valence-electron chi connectivity index (χ3n) is 5.95. The van der Waals surface area contributed by atoms with Gasteiger partial charge in [0.25, 0.3) is 0 Å². The summed E-state index contributed by atoms with van der Waals surface area (Å²) in [5.74, 6) is -6.63. The molecule has 0 aliphatic heterocycles. The van der Waals surface area contributed by atoms with Gasteiger partial charge in [0.05, 0.1) is 0 Å². The smallest absolute Gasteiger partial charge is 0.475 e. The van der Waals surface area contributed by atoms with Gasteiger partial charge in [0.1, 0.15) is 23.8 Å². The van der Waals surface area contributed by atoms with Gasteiger partial charge in [-0.3, -0.25) is 30.0 Å². The number of hydrogen-bond donors (Lipinski definition) is 10. The zero-order chi connectivity index (χ0) is 34.0. The highest BCUT2D eigenvalue weighted by atomic mass is 19.4. The van der Waals surface area contributed by atoms with E-state index in [1.54, 1.807) is 24.3 Å². The van der Waals surface area contributed by atoms with Gasteiger partial charge in [0.2, 0.25) is 23.6 Å². The summed E-state index contributed by atoms with van der Waals surface area (Å²) < 4.78 is 31.7. The number of carbonyl (C=O) groups excluding carboxylic acids is 4. The molecule has 0 aliphatic carbocycles. The highest BCUT2D eigenvalue weighted by Gasteiger charge is 2.38. The molecule has 1 rings (SSSR count). The molecule has 1 aromatic rings. The molecule has 1 unspecified atom stereocenters. The first-order valence-corrected chi connectivity index (χ1v) is 13.4. The minimum atomic E-state index is -5.08. The van der Waals surface area contributed by atoms with Crippen molar-refractivity contribution in [2.24, 2.45) is 23.1 Å². The maximum absolute atomic E-state index is 13.2. The number of rotatable bonds is 16. The number of amides is 4. The number of primary amides is 1. The summed E-state index contributed by atoms with van der Waals surface area (Å²) in [5, 5.41) is 32.1. The molecular formula is C26H40F3N9O6. The maximum atomic E-state index is 13.2. The van der Waals surface area contributed by atoms with Gasteiger partial charge in [-0.1, -0.05) is 44.0 Å². The fourth-order valence-corrected chi connectivity index (χ4v) is 3.57. The van der Waals surface area contributed by atoms with Crippen LogP contribution >= 0.6 is 0 Å². The second kappa shape index (κ2) is 19.3. The molecule has 15 nitrogen and oxygen atoms in total. The molecule has 0 heterocycles. The van der Waals surface area contributed by atoms with E-state index in [-0.39, 0.29) is 24.6 Å². The van der Waals surface area contributed by atoms with E-state index in [1.165, 1.54) is 7.05 Å². The second-order valence-electron chi connectivity index (χ2n) is 9.43. The Kier molecular flexibility index (Phi) is 17.2. The Hall–Kier alpha value is -4.90. The van der Waals surface area contributed by atoms with E-state index in [1.807, 2.05) is 6.92 Å². The summed E-state index contributed by atoms with van der Waals surface area (Å²) in [6.45, 7) is 2.26. The van der Waals surface area contributed by atoms with Gasteiger partial charge in [-0.15, -0.1) is 0 Å². The van der Waals surface area contributed by atoms with Crippen LogP contribution in [0, 0.1) is 16.7 Å². The quantitative estimate of drug-likeness (QED) is 0.0483. The van der Waals surface area contributed by atoms with Crippen molar-refractivity contribution in [2.45, 2.75) is 63.7 Å². The van der Waals surface area contributed by atoms with Crippen molar-refractivity contribution < 1.29 is 42.3 Å². The monoisotopic (exact) mass is 631 g/mol. The zero-order valence-electron chi connectivity index (χ0n) is 24.3. The van der Waals surface area contributed by atoms with E-state index in [0.717, 1.165) is 6.42 Å². The number of amidine groups is 1. The lowest BCUT2D eigenvalue weighted by molar-refractivity contribution is -0.192. The largest absolute Gasteiger partial charge is 0.490 e. The lowest BCUT2D eigenvalue weighted by Crippen LogP contribution is -2.55. The Labute approximate surface area is 251 Å². The molecule has 18 heteroatoms. The maximum Gasteiger partial charge on any atom is 0.490 e. The van der Waals surface area contributed by atoms with Crippen LogP contribution < -0.4 is 38.5 Å².